The van der Waals surface area contributed by atoms with Crippen molar-refractivity contribution in [2.75, 3.05) is 12.0 Å². The van der Waals surface area contributed by atoms with Gasteiger partial charge in [-0.1, -0.05) is 31.5 Å². The number of anilines is 1. The van der Waals surface area contributed by atoms with Crippen LogP contribution in [0.15, 0.2) is 18.2 Å². The van der Waals surface area contributed by atoms with Crippen molar-refractivity contribution in [3.05, 3.63) is 28.8 Å². The minimum atomic E-state index is -0.505. The summed E-state index contributed by atoms with van der Waals surface area (Å²) < 4.78 is 0. The van der Waals surface area contributed by atoms with Gasteiger partial charge in [0.05, 0.1) is 24.3 Å². The predicted molar refractivity (Wildman–Crippen MR) is 88.3 cm³/mol. The van der Waals surface area contributed by atoms with E-state index in [0.717, 1.165) is 5.56 Å². The Morgan fingerprint density at radius 2 is 2.13 bits per heavy atom. The molecule has 2 N–H and O–H groups in total. The lowest BCUT2D eigenvalue weighted by molar-refractivity contribution is -0.165. The smallest absolute Gasteiger partial charge is 0.254 e. The van der Waals surface area contributed by atoms with Crippen LogP contribution in [0, 0.1) is 11.3 Å². The molecule has 0 radical (unpaired) electrons. The molecule has 0 aromatic heterocycles. The van der Waals surface area contributed by atoms with E-state index >= 15 is 0 Å². The van der Waals surface area contributed by atoms with E-state index < -0.39 is 5.41 Å². The zero-order valence-corrected chi connectivity index (χ0v) is 14.5. The van der Waals surface area contributed by atoms with Gasteiger partial charge in [0.15, 0.2) is 0 Å². The number of hydroxylamine groups is 2. The molecule has 0 spiro atoms. The first-order chi connectivity index (χ1) is 10.7. The summed E-state index contributed by atoms with van der Waals surface area (Å²) in [4.78, 5) is 29.1. The summed E-state index contributed by atoms with van der Waals surface area (Å²) in [7, 11) is 0. The highest BCUT2D eigenvalue weighted by Gasteiger charge is 2.40. The van der Waals surface area contributed by atoms with Crippen molar-refractivity contribution in [1.29, 1.82) is 0 Å². The van der Waals surface area contributed by atoms with Crippen LogP contribution in [0.5, 0.6) is 0 Å². The topological polar surface area (TPSA) is 70.7 Å². The van der Waals surface area contributed by atoms with Gasteiger partial charge in [-0.3, -0.25) is 25.3 Å². The molecule has 1 aromatic carbocycles. The van der Waals surface area contributed by atoms with E-state index in [4.69, 9.17) is 16.4 Å². The van der Waals surface area contributed by atoms with E-state index in [1.54, 1.807) is 18.2 Å². The van der Waals surface area contributed by atoms with Crippen LogP contribution in [0.4, 0.5) is 5.69 Å². The van der Waals surface area contributed by atoms with Crippen molar-refractivity contribution < 1.29 is 14.4 Å². The molecule has 0 aliphatic carbocycles. The molecule has 1 aliphatic heterocycles. The van der Waals surface area contributed by atoms with Gasteiger partial charge in [0.2, 0.25) is 5.91 Å². The Labute approximate surface area is 141 Å². The van der Waals surface area contributed by atoms with E-state index in [1.165, 1.54) is 5.06 Å². The SMILES string of the molecule is CC(C)C(=O)NNc1ccc(CN2OCC(C)(C)C2=O)c(Cl)c1. The minimum absolute atomic E-state index is 0.0556. The van der Waals surface area contributed by atoms with Crippen molar-refractivity contribution in [2.24, 2.45) is 11.3 Å². The number of halogens is 1. The van der Waals surface area contributed by atoms with Crippen LogP contribution in [-0.2, 0) is 21.0 Å². The van der Waals surface area contributed by atoms with Gasteiger partial charge in [0, 0.05) is 10.9 Å². The van der Waals surface area contributed by atoms with Crippen LogP contribution >= 0.6 is 11.6 Å². The average Bonchev–Trinajstić information content (AvgIpc) is 2.74. The highest BCUT2D eigenvalue weighted by molar-refractivity contribution is 6.31. The fourth-order valence-corrected chi connectivity index (χ4v) is 2.24. The maximum atomic E-state index is 12.1. The molecule has 7 heteroatoms. The van der Waals surface area contributed by atoms with Gasteiger partial charge in [-0.15, -0.1) is 0 Å². The number of carbonyl (C=O) groups is 2. The first-order valence-corrected chi connectivity index (χ1v) is 7.87. The molecule has 1 aliphatic rings. The summed E-state index contributed by atoms with van der Waals surface area (Å²) >= 11 is 6.26. The number of amides is 2. The van der Waals surface area contributed by atoms with Gasteiger partial charge in [0.1, 0.15) is 0 Å². The van der Waals surface area contributed by atoms with E-state index in [1.807, 2.05) is 27.7 Å². The predicted octanol–water partition coefficient (Wildman–Crippen LogP) is 2.74. The second-order valence-corrected chi connectivity index (χ2v) is 6.98. The highest BCUT2D eigenvalue weighted by Crippen LogP contribution is 2.30. The Hall–Kier alpha value is -1.79. The van der Waals surface area contributed by atoms with Gasteiger partial charge in [-0.25, -0.2) is 5.06 Å². The number of benzene rings is 1. The number of hydrogen-bond acceptors (Lipinski definition) is 4. The molecule has 0 saturated carbocycles. The number of rotatable bonds is 5. The number of hydrazine groups is 1. The second kappa shape index (κ2) is 6.76. The molecule has 1 heterocycles. The molecule has 2 amide bonds. The Morgan fingerprint density at radius 1 is 1.43 bits per heavy atom. The van der Waals surface area contributed by atoms with E-state index in [9.17, 15) is 9.59 Å². The zero-order chi connectivity index (χ0) is 17.2. The monoisotopic (exact) mass is 339 g/mol. The molecule has 6 nitrogen and oxygen atoms in total. The summed E-state index contributed by atoms with van der Waals surface area (Å²) in [6.07, 6.45) is 0. The third-order valence-electron chi connectivity index (χ3n) is 3.61. The third-order valence-corrected chi connectivity index (χ3v) is 3.96. The fourth-order valence-electron chi connectivity index (χ4n) is 2.00. The van der Waals surface area contributed by atoms with Crippen molar-refractivity contribution in [3.63, 3.8) is 0 Å². The number of carbonyl (C=O) groups excluding carboxylic acids is 2. The van der Waals surface area contributed by atoms with Crippen LogP contribution < -0.4 is 10.9 Å². The Morgan fingerprint density at radius 3 is 2.65 bits per heavy atom. The quantitative estimate of drug-likeness (QED) is 0.809. The van der Waals surface area contributed by atoms with Crippen LogP contribution in [0.2, 0.25) is 5.02 Å². The minimum Gasteiger partial charge on any atom is -0.299 e. The molecular weight excluding hydrogens is 318 g/mol. The maximum Gasteiger partial charge on any atom is 0.254 e. The summed E-state index contributed by atoms with van der Waals surface area (Å²) in [6, 6.07) is 5.28. The van der Waals surface area contributed by atoms with Crippen LogP contribution in [0.1, 0.15) is 33.3 Å². The number of nitrogens with one attached hydrogen (secondary N) is 2. The van der Waals surface area contributed by atoms with Crippen molar-refractivity contribution in [2.45, 2.75) is 34.2 Å². The van der Waals surface area contributed by atoms with Crippen LogP contribution in [0.25, 0.3) is 0 Å². The molecule has 0 unspecified atom stereocenters. The molecule has 0 atom stereocenters. The van der Waals surface area contributed by atoms with Gasteiger partial charge in [0.25, 0.3) is 5.91 Å². The molecule has 23 heavy (non-hydrogen) atoms. The van der Waals surface area contributed by atoms with Gasteiger partial charge in [-0.2, -0.15) is 0 Å². The third kappa shape index (κ3) is 4.14. The molecule has 1 aromatic rings. The lowest BCUT2D eigenvalue weighted by atomic mass is 9.95. The summed E-state index contributed by atoms with van der Waals surface area (Å²) in [5.41, 5.74) is 6.35. The molecule has 126 valence electrons. The Kier molecular flexibility index (Phi) is 5.16. The second-order valence-electron chi connectivity index (χ2n) is 6.57. The molecule has 1 fully saturated rings. The Bertz CT molecular complexity index is 617. The largest absolute Gasteiger partial charge is 0.299 e. The van der Waals surface area contributed by atoms with Gasteiger partial charge in [-0.05, 0) is 31.5 Å². The fraction of sp³-hybridized carbons (Fsp3) is 0.500. The lowest BCUT2D eigenvalue weighted by Crippen LogP contribution is -2.32. The van der Waals surface area contributed by atoms with Crippen molar-refractivity contribution >= 4 is 29.1 Å². The van der Waals surface area contributed by atoms with E-state index in [2.05, 4.69) is 10.9 Å². The highest BCUT2D eigenvalue weighted by atomic mass is 35.5. The summed E-state index contributed by atoms with van der Waals surface area (Å²) in [5, 5.41) is 1.84. The first-order valence-electron chi connectivity index (χ1n) is 7.50. The standard InChI is InChI=1S/C16H22ClN3O3/c1-10(2)14(21)19-18-12-6-5-11(13(17)7-12)8-20-15(22)16(3,4)9-23-20/h5-7,10,18H,8-9H2,1-4H3,(H,19,21). The molecular formula is C16H22ClN3O3. The number of nitrogens with zero attached hydrogens (tertiary/aromatic N) is 1. The molecule has 1 saturated heterocycles. The molecule has 2 rings (SSSR count). The maximum absolute atomic E-state index is 12.1. The molecule has 0 bridgehead atoms. The zero-order valence-electron chi connectivity index (χ0n) is 13.8. The summed E-state index contributed by atoms with van der Waals surface area (Å²) in [6.45, 7) is 7.97. The van der Waals surface area contributed by atoms with Gasteiger partial charge >= 0.3 is 0 Å². The van der Waals surface area contributed by atoms with E-state index in [0.29, 0.717) is 23.9 Å². The lowest BCUT2D eigenvalue weighted by Gasteiger charge is -2.18. The van der Waals surface area contributed by atoms with Crippen LogP contribution in [-0.4, -0.2) is 23.5 Å². The number of hydrogen-bond donors (Lipinski definition) is 2. The first kappa shape index (κ1) is 17.6. The van der Waals surface area contributed by atoms with Crippen LogP contribution in [0.3, 0.4) is 0 Å². The average molecular weight is 340 g/mol. The summed E-state index contributed by atoms with van der Waals surface area (Å²) in [5.74, 6) is -0.276. The van der Waals surface area contributed by atoms with E-state index in [-0.39, 0.29) is 17.7 Å². The normalized spacial score (nSPS) is 16.8. The Balaban J connectivity index is 2.00. The van der Waals surface area contributed by atoms with Crippen molar-refractivity contribution in [3.8, 4) is 0 Å². The van der Waals surface area contributed by atoms with Gasteiger partial charge < -0.3 is 0 Å². The van der Waals surface area contributed by atoms with Crippen molar-refractivity contribution in [1.82, 2.24) is 10.5 Å².